The number of allylic oxidation sites excluding steroid dienone is 1. The van der Waals surface area contributed by atoms with Crippen molar-refractivity contribution < 1.29 is 28.2 Å². The van der Waals surface area contributed by atoms with Gasteiger partial charge in [0.1, 0.15) is 24.6 Å². The van der Waals surface area contributed by atoms with Gasteiger partial charge in [-0.1, -0.05) is 42.5 Å². The fourth-order valence-corrected chi connectivity index (χ4v) is 7.89. The number of fused-ring (bicyclic) bond motifs is 3. The van der Waals surface area contributed by atoms with Crippen LogP contribution in [0.5, 0.6) is 5.75 Å². The maximum atomic E-state index is 13.4. The minimum atomic E-state index is -4.00. The van der Waals surface area contributed by atoms with Crippen molar-refractivity contribution in [2.45, 2.75) is 69.8 Å². The molecule has 2 aliphatic heterocycles. The molecular formula is C34H41ClN2O6S. The van der Waals surface area contributed by atoms with Crippen LogP contribution in [0.3, 0.4) is 0 Å². The number of aryl methyl sites for hydroxylation is 1. The van der Waals surface area contributed by atoms with Gasteiger partial charge < -0.3 is 19.8 Å². The topological polar surface area (TPSA) is 116 Å². The predicted molar refractivity (Wildman–Crippen MR) is 172 cm³/mol. The van der Waals surface area contributed by atoms with E-state index in [0.29, 0.717) is 42.6 Å². The first-order chi connectivity index (χ1) is 21.0. The van der Waals surface area contributed by atoms with Gasteiger partial charge >= 0.3 is 0 Å². The molecular weight excluding hydrogens is 600 g/mol. The van der Waals surface area contributed by atoms with Crippen LogP contribution in [-0.4, -0.2) is 55.1 Å². The molecule has 5 atom stereocenters. The summed E-state index contributed by atoms with van der Waals surface area (Å²) < 4.78 is 35.2. The van der Waals surface area contributed by atoms with E-state index in [9.17, 15) is 23.4 Å². The normalized spacial score (nSPS) is 29.6. The molecule has 3 N–H and O–H groups in total. The molecule has 2 bridgehead atoms. The average molecular weight is 641 g/mol. The number of hydrogen-bond donors (Lipinski definition) is 3. The molecule has 0 saturated heterocycles. The van der Waals surface area contributed by atoms with E-state index < -0.39 is 26.8 Å². The lowest BCUT2D eigenvalue weighted by atomic mass is 9.64. The molecule has 2 aromatic carbocycles. The smallest absolute Gasteiger partial charge is 0.264 e. The maximum Gasteiger partial charge on any atom is 0.264 e. The number of carbonyl (C=O) groups excluding carboxylic acids is 1. The molecule has 44 heavy (non-hydrogen) atoms. The van der Waals surface area contributed by atoms with E-state index in [2.05, 4.69) is 21.5 Å². The van der Waals surface area contributed by atoms with Crippen molar-refractivity contribution in [2.24, 2.45) is 17.8 Å². The van der Waals surface area contributed by atoms with Crippen molar-refractivity contribution in [3.63, 3.8) is 0 Å². The third kappa shape index (κ3) is 7.10. The Kier molecular flexibility index (Phi) is 9.96. The zero-order chi connectivity index (χ0) is 31.5. The first-order valence-electron chi connectivity index (χ1n) is 15.4. The Hall–Kier alpha value is -3.03. The SMILES string of the molecule is C[C@@H]1[C@@H](C)C/C=C/[C@](O)(C#CCO)[C@@H]2CC[C@H]2CN2CCCCc3cc(Cl)ccc3COc3ccc(cc32)C(=O)NS1(=O)=O. The lowest BCUT2D eigenvalue weighted by molar-refractivity contribution is -0.00305. The molecule has 8 nitrogen and oxygen atoms in total. The minimum Gasteiger partial charge on any atom is -0.487 e. The lowest BCUT2D eigenvalue weighted by Crippen LogP contribution is -2.49. The Balaban J connectivity index is 1.58. The number of benzene rings is 2. The van der Waals surface area contributed by atoms with Gasteiger partial charge in [-0.3, -0.25) is 4.79 Å². The summed E-state index contributed by atoms with van der Waals surface area (Å²) in [4.78, 5) is 15.6. The number of anilines is 1. The van der Waals surface area contributed by atoms with Gasteiger partial charge in [0.25, 0.3) is 5.91 Å². The molecule has 3 aliphatic rings. The number of rotatable bonds is 0. The predicted octanol–water partition coefficient (Wildman–Crippen LogP) is 4.86. The van der Waals surface area contributed by atoms with E-state index in [-0.39, 0.29) is 29.9 Å². The minimum absolute atomic E-state index is 0.0914. The number of sulfonamides is 1. The number of halogens is 1. The standard InChI is InChI=1S/C34H41ClN2O6S/c1-23-7-5-15-34(40,16-6-18-38)30-13-10-27(30)21-37-17-4-3-8-25-19-29(35)12-9-28(25)22-43-32-14-11-26(20-31(32)37)33(39)36-44(41,42)24(23)2/h5,9,11-12,14-15,19-20,23-24,27,30,38,40H,3-4,7-8,10,13,17-18,21-22H2,1-2H3,(H,36,39)/b15-5+/t23-,24+,27-,30+,34-/m0/s1. The van der Waals surface area contributed by atoms with Crippen LogP contribution in [0.4, 0.5) is 5.69 Å². The number of aliphatic hydroxyl groups is 2. The molecule has 1 aliphatic carbocycles. The molecule has 0 unspecified atom stereocenters. The van der Waals surface area contributed by atoms with E-state index in [0.717, 1.165) is 43.2 Å². The third-order valence-electron chi connectivity index (χ3n) is 9.45. The first kappa shape index (κ1) is 32.4. The highest BCUT2D eigenvalue weighted by molar-refractivity contribution is 7.90. The van der Waals surface area contributed by atoms with Crippen LogP contribution in [-0.2, 0) is 23.1 Å². The van der Waals surface area contributed by atoms with E-state index in [1.807, 2.05) is 18.2 Å². The van der Waals surface area contributed by atoms with Gasteiger partial charge in [0.2, 0.25) is 10.0 Å². The van der Waals surface area contributed by atoms with Crippen molar-refractivity contribution in [2.75, 3.05) is 24.6 Å². The largest absolute Gasteiger partial charge is 0.487 e. The molecule has 2 aromatic rings. The van der Waals surface area contributed by atoms with Gasteiger partial charge in [0, 0.05) is 29.6 Å². The van der Waals surface area contributed by atoms with Gasteiger partial charge in [-0.15, -0.1) is 0 Å². The quantitative estimate of drug-likeness (QED) is 0.278. The number of aliphatic hydroxyl groups excluding tert-OH is 1. The summed E-state index contributed by atoms with van der Waals surface area (Å²) in [5.74, 6) is 5.03. The van der Waals surface area contributed by atoms with Gasteiger partial charge in [-0.25, -0.2) is 13.1 Å². The van der Waals surface area contributed by atoms with Crippen molar-refractivity contribution >= 4 is 33.2 Å². The van der Waals surface area contributed by atoms with Crippen LogP contribution in [0.25, 0.3) is 0 Å². The van der Waals surface area contributed by atoms with Crippen molar-refractivity contribution in [3.05, 3.63) is 70.3 Å². The van der Waals surface area contributed by atoms with E-state index in [1.165, 1.54) is 0 Å². The van der Waals surface area contributed by atoms with Crippen molar-refractivity contribution in [3.8, 4) is 17.6 Å². The van der Waals surface area contributed by atoms with Crippen LogP contribution < -0.4 is 14.4 Å². The van der Waals surface area contributed by atoms with E-state index in [4.69, 9.17) is 16.3 Å². The highest BCUT2D eigenvalue weighted by atomic mass is 35.5. The number of carbonyl (C=O) groups is 1. The molecule has 0 aromatic heterocycles. The summed E-state index contributed by atoms with van der Waals surface area (Å²) in [6, 6.07) is 10.9. The van der Waals surface area contributed by atoms with Gasteiger partial charge in [0.05, 0.1) is 10.9 Å². The molecule has 0 spiro atoms. The van der Waals surface area contributed by atoms with E-state index >= 15 is 0 Å². The lowest BCUT2D eigenvalue weighted by Gasteiger charge is -2.46. The number of hydrogen-bond acceptors (Lipinski definition) is 7. The van der Waals surface area contributed by atoms with Crippen molar-refractivity contribution in [1.29, 1.82) is 0 Å². The molecule has 5 rings (SSSR count). The molecule has 0 radical (unpaired) electrons. The molecule has 236 valence electrons. The summed E-state index contributed by atoms with van der Waals surface area (Å²) in [7, 11) is -4.00. The number of amides is 1. The Morgan fingerprint density at radius 3 is 2.70 bits per heavy atom. The molecule has 2 heterocycles. The maximum absolute atomic E-state index is 13.4. The summed E-state index contributed by atoms with van der Waals surface area (Å²) in [5, 5.41) is 21.1. The van der Waals surface area contributed by atoms with Crippen LogP contribution in [0, 0.1) is 29.6 Å². The second-order valence-corrected chi connectivity index (χ2v) is 14.8. The highest BCUT2D eigenvalue weighted by Gasteiger charge is 2.45. The monoisotopic (exact) mass is 640 g/mol. The van der Waals surface area contributed by atoms with Gasteiger partial charge in [-0.05, 0) is 105 Å². The second-order valence-electron chi connectivity index (χ2n) is 12.3. The first-order valence-corrected chi connectivity index (χ1v) is 17.3. The van der Waals surface area contributed by atoms with Crippen LogP contribution in [0.15, 0.2) is 48.6 Å². The fraction of sp³-hybridized carbons (Fsp3) is 0.500. The Morgan fingerprint density at radius 2 is 1.95 bits per heavy atom. The zero-order valence-electron chi connectivity index (χ0n) is 25.3. The summed E-state index contributed by atoms with van der Waals surface area (Å²) in [5.41, 5.74) is 1.64. The highest BCUT2D eigenvalue weighted by Crippen LogP contribution is 2.45. The van der Waals surface area contributed by atoms with Crippen LogP contribution in [0.1, 0.15) is 67.4 Å². The number of nitrogens with zero attached hydrogens (tertiary/aromatic N) is 1. The summed E-state index contributed by atoms with van der Waals surface area (Å²) in [6.07, 6.45) is 8.08. The average Bonchev–Trinajstić information content (AvgIpc) is 3.00. The Bertz CT molecular complexity index is 1580. The molecule has 1 amide bonds. The number of ether oxygens (including phenoxy) is 1. The summed E-state index contributed by atoms with van der Waals surface area (Å²) >= 11 is 6.31. The van der Waals surface area contributed by atoms with Crippen molar-refractivity contribution in [1.82, 2.24) is 4.72 Å². The van der Waals surface area contributed by atoms with Crippen LogP contribution >= 0.6 is 11.6 Å². The summed E-state index contributed by atoms with van der Waals surface area (Å²) in [6.45, 7) is 4.58. The zero-order valence-corrected chi connectivity index (χ0v) is 26.8. The molecule has 10 heteroatoms. The third-order valence-corrected chi connectivity index (χ3v) is 11.6. The Labute approximate surface area is 265 Å². The van der Waals surface area contributed by atoms with Gasteiger partial charge in [-0.2, -0.15) is 0 Å². The Morgan fingerprint density at radius 1 is 1.14 bits per heavy atom. The van der Waals surface area contributed by atoms with E-state index in [1.54, 1.807) is 44.2 Å². The molecule has 1 fully saturated rings. The van der Waals surface area contributed by atoms with Gasteiger partial charge in [0.15, 0.2) is 0 Å². The fourth-order valence-electron chi connectivity index (χ4n) is 6.41. The molecule has 1 saturated carbocycles. The second kappa shape index (κ2) is 13.5. The van der Waals surface area contributed by atoms with Crippen LogP contribution in [0.2, 0.25) is 5.02 Å². The number of nitrogens with one attached hydrogen (secondary N) is 1.